The van der Waals surface area contributed by atoms with Crippen LogP contribution in [0.4, 0.5) is 17.6 Å². The summed E-state index contributed by atoms with van der Waals surface area (Å²) in [5.74, 6) is -1.63. The van der Waals surface area contributed by atoms with Crippen LogP contribution < -0.4 is 5.32 Å². The Hall–Kier alpha value is -2.40. The predicted molar refractivity (Wildman–Crippen MR) is 141 cm³/mol. The molecule has 2 aromatic rings. The fourth-order valence-corrected chi connectivity index (χ4v) is 5.78. The number of halogens is 6. The van der Waals surface area contributed by atoms with E-state index >= 15 is 0 Å². The van der Waals surface area contributed by atoms with Crippen molar-refractivity contribution in [2.45, 2.75) is 44.1 Å². The summed E-state index contributed by atoms with van der Waals surface area (Å²) in [6, 6.07) is 8.05. The highest BCUT2D eigenvalue weighted by molar-refractivity contribution is 6.42. The number of amides is 2. The molecular formula is C27H30Cl2F4N4O2. The molecule has 2 heterocycles. The van der Waals surface area contributed by atoms with Crippen molar-refractivity contribution in [2.24, 2.45) is 0 Å². The van der Waals surface area contributed by atoms with E-state index in [9.17, 15) is 27.2 Å². The van der Waals surface area contributed by atoms with E-state index in [4.69, 9.17) is 23.2 Å². The molecule has 0 aliphatic carbocycles. The van der Waals surface area contributed by atoms with E-state index in [1.807, 2.05) is 15.9 Å². The van der Waals surface area contributed by atoms with Crippen LogP contribution in [0.5, 0.6) is 0 Å². The highest BCUT2D eigenvalue weighted by atomic mass is 35.5. The molecule has 2 aliphatic heterocycles. The van der Waals surface area contributed by atoms with Crippen LogP contribution in [0, 0.1) is 5.82 Å². The van der Waals surface area contributed by atoms with E-state index in [2.05, 4.69) is 5.32 Å². The van der Waals surface area contributed by atoms with Crippen LogP contribution in [0.1, 0.15) is 36.0 Å². The molecule has 39 heavy (non-hydrogen) atoms. The molecule has 1 unspecified atom stereocenters. The fourth-order valence-electron chi connectivity index (χ4n) is 5.47. The first-order valence-electron chi connectivity index (χ1n) is 12.6. The number of hydrogen-bond acceptors (Lipinski definition) is 4. The van der Waals surface area contributed by atoms with Crippen LogP contribution in [-0.4, -0.2) is 78.4 Å². The first-order valence-corrected chi connectivity index (χ1v) is 13.4. The number of hydrogen-bond donors (Lipinski definition) is 1. The van der Waals surface area contributed by atoms with Gasteiger partial charge in [0.15, 0.2) is 0 Å². The molecule has 1 N–H and O–H groups in total. The fraction of sp³-hybridized carbons (Fsp3) is 0.481. The molecule has 2 aliphatic rings. The summed E-state index contributed by atoms with van der Waals surface area (Å²) in [7, 11) is 1.80. The number of benzene rings is 2. The highest BCUT2D eigenvalue weighted by Gasteiger charge is 2.40. The molecule has 0 aromatic heterocycles. The molecular weight excluding hydrogens is 559 g/mol. The second-order valence-electron chi connectivity index (χ2n) is 10.3. The third kappa shape index (κ3) is 7.22. The summed E-state index contributed by atoms with van der Waals surface area (Å²) in [6.07, 6.45) is -3.99. The van der Waals surface area contributed by atoms with Gasteiger partial charge in [-0.25, -0.2) is 4.39 Å². The van der Waals surface area contributed by atoms with Gasteiger partial charge in [-0.2, -0.15) is 13.2 Å². The van der Waals surface area contributed by atoms with Gasteiger partial charge in [-0.05, 0) is 48.9 Å². The molecule has 3 atom stereocenters. The SMILES string of the molecule is CC(=O)NC1CCN(CC(=O)N2C[C@H](c3ccc(Cl)c(Cl)c3)[C@@H](N(C)Cc3ccc(C(F)(F)F)c(F)c3)C2)C1. The standard InChI is InChI=1S/C27H30Cl2F4N4O2/c1-16(38)34-19-7-8-36(12-19)15-26(39)37-13-20(18-4-6-22(28)23(29)10-18)25(14-37)35(2)11-17-3-5-21(24(30)9-17)27(31,32)33/h3-6,9-10,19-20,25H,7-8,11-15H2,1-2H3,(H,34,38)/t19?,20-,25+/m1/s1. The number of likely N-dealkylation sites (N-methyl/N-ethyl adjacent to an activating group) is 1. The van der Waals surface area contributed by atoms with Crippen LogP contribution in [-0.2, 0) is 22.3 Å². The number of nitrogens with zero attached hydrogens (tertiary/aromatic N) is 3. The maximum absolute atomic E-state index is 14.2. The Kier molecular flexibility index (Phi) is 9.10. The van der Waals surface area contributed by atoms with Crippen molar-refractivity contribution in [3.63, 3.8) is 0 Å². The van der Waals surface area contributed by atoms with Crippen molar-refractivity contribution < 1.29 is 27.2 Å². The van der Waals surface area contributed by atoms with Crippen molar-refractivity contribution in [1.82, 2.24) is 20.0 Å². The number of nitrogens with one attached hydrogen (secondary N) is 1. The van der Waals surface area contributed by atoms with Gasteiger partial charge < -0.3 is 10.2 Å². The number of carbonyl (C=O) groups excluding carboxylic acids is 2. The molecule has 212 valence electrons. The van der Waals surface area contributed by atoms with E-state index in [1.165, 1.54) is 13.0 Å². The lowest BCUT2D eigenvalue weighted by Crippen LogP contribution is -2.42. The van der Waals surface area contributed by atoms with Crippen LogP contribution in [0.2, 0.25) is 10.0 Å². The molecule has 0 spiro atoms. The zero-order valence-corrected chi connectivity index (χ0v) is 23.1. The average Bonchev–Trinajstić information content (AvgIpc) is 3.47. The smallest absolute Gasteiger partial charge is 0.352 e. The third-order valence-corrected chi connectivity index (χ3v) is 8.13. The van der Waals surface area contributed by atoms with Crippen molar-refractivity contribution in [2.75, 3.05) is 39.8 Å². The van der Waals surface area contributed by atoms with Crippen LogP contribution in [0.25, 0.3) is 0 Å². The molecule has 12 heteroatoms. The van der Waals surface area contributed by atoms with E-state index < -0.39 is 17.6 Å². The van der Waals surface area contributed by atoms with Gasteiger partial charge in [-0.1, -0.05) is 35.3 Å². The Morgan fingerprint density at radius 1 is 1.08 bits per heavy atom. The van der Waals surface area contributed by atoms with Gasteiger partial charge in [0.1, 0.15) is 5.82 Å². The molecule has 2 aromatic carbocycles. The quantitative estimate of drug-likeness (QED) is 0.473. The largest absolute Gasteiger partial charge is 0.419 e. The molecule has 0 saturated carbocycles. The van der Waals surface area contributed by atoms with Crippen molar-refractivity contribution >= 4 is 35.0 Å². The van der Waals surface area contributed by atoms with E-state index in [1.54, 1.807) is 24.1 Å². The zero-order chi connectivity index (χ0) is 28.5. The maximum Gasteiger partial charge on any atom is 0.419 e. The lowest BCUT2D eigenvalue weighted by molar-refractivity contribution is -0.140. The minimum atomic E-state index is -4.77. The molecule has 2 amide bonds. The van der Waals surface area contributed by atoms with E-state index in [0.717, 1.165) is 24.1 Å². The summed E-state index contributed by atoms with van der Waals surface area (Å²) in [5, 5.41) is 3.67. The van der Waals surface area contributed by atoms with E-state index in [-0.39, 0.29) is 42.9 Å². The average molecular weight is 589 g/mol. The van der Waals surface area contributed by atoms with Crippen LogP contribution >= 0.6 is 23.2 Å². The second-order valence-corrected chi connectivity index (χ2v) is 11.1. The minimum absolute atomic E-state index is 0.0147. The number of alkyl halides is 3. The first-order chi connectivity index (χ1) is 18.3. The minimum Gasteiger partial charge on any atom is -0.352 e. The molecule has 6 nitrogen and oxygen atoms in total. The van der Waals surface area contributed by atoms with Gasteiger partial charge in [-0.15, -0.1) is 0 Å². The highest BCUT2D eigenvalue weighted by Crippen LogP contribution is 2.36. The summed E-state index contributed by atoms with van der Waals surface area (Å²) >= 11 is 12.4. The monoisotopic (exact) mass is 588 g/mol. The van der Waals surface area contributed by atoms with Gasteiger partial charge in [0.25, 0.3) is 0 Å². The van der Waals surface area contributed by atoms with Crippen molar-refractivity contribution in [3.8, 4) is 0 Å². The maximum atomic E-state index is 14.2. The molecule has 4 rings (SSSR count). The second kappa shape index (κ2) is 12.0. The summed E-state index contributed by atoms with van der Waals surface area (Å²) in [6.45, 7) is 3.95. The Labute approximate surface area is 234 Å². The summed E-state index contributed by atoms with van der Waals surface area (Å²) in [5.41, 5.74) is -0.0355. The molecule has 0 radical (unpaired) electrons. The number of likely N-dealkylation sites (tertiary alicyclic amines) is 2. The molecule has 0 bridgehead atoms. The molecule has 2 saturated heterocycles. The van der Waals surface area contributed by atoms with Crippen molar-refractivity contribution in [3.05, 3.63) is 69.0 Å². The number of rotatable bonds is 7. The van der Waals surface area contributed by atoms with Gasteiger partial charge in [0.2, 0.25) is 11.8 Å². The van der Waals surface area contributed by atoms with Gasteiger partial charge >= 0.3 is 6.18 Å². The van der Waals surface area contributed by atoms with E-state index in [0.29, 0.717) is 41.8 Å². The number of carbonyl (C=O) groups is 2. The lowest BCUT2D eigenvalue weighted by atomic mass is 9.93. The van der Waals surface area contributed by atoms with Gasteiger partial charge in [0.05, 0.1) is 22.2 Å². The normalized spacial score (nSPS) is 22.1. The Balaban J connectivity index is 1.50. The van der Waals surface area contributed by atoms with Gasteiger partial charge in [0, 0.05) is 57.6 Å². The van der Waals surface area contributed by atoms with Crippen LogP contribution in [0.3, 0.4) is 0 Å². The Morgan fingerprint density at radius 3 is 2.46 bits per heavy atom. The van der Waals surface area contributed by atoms with Crippen molar-refractivity contribution in [1.29, 1.82) is 0 Å². The first kappa shape index (κ1) is 29.6. The Bertz CT molecular complexity index is 1230. The summed E-state index contributed by atoms with van der Waals surface area (Å²) in [4.78, 5) is 30.4. The molecule has 2 fully saturated rings. The zero-order valence-electron chi connectivity index (χ0n) is 21.6. The van der Waals surface area contributed by atoms with Crippen LogP contribution in [0.15, 0.2) is 36.4 Å². The lowest BCUT2D eigenvalue weighted by Gasteiger charge is -2.29. The van der Waals surface area contributed by atoms with Gasteiger partial charge in [-0.3, -0.25) is 19.4 Å². The Morgan fingerprint density at radius 2 is 1.82 bits per heavy atom. The third-order valence-electron chi connectivity index (χ3n) is 7.39. The topological polar surface area (TPSA) is 55.9 Å². The predicted octanol–water partition coefficient (Wildman–Crippen LogP) is 4.79. The summed E-state index contributed by atoms with van der Waals surface area (Å²) < 4.78 is 53.2.